The monoisotopic (exact) mass is 597 g/mol. The maximum absolute atomic E-state index is 13.5. The van der Waals surface area contributed by atoms with Crippen LogP contribution in [0.5, 0.6) is 0 Å². The summed E-state index contributed by atoms with van der Waals surface area (Å²) < 4.78 is 55.9. The van der Waals surface area contributed by atoms with Gasteiger partial charge < -0.3 is 5.32 Å². The molecule has 208 valence electrons. The number of nitrogens with one attached hydrogen (secondary N) is 1. The lowest BCUT2D eigenvalue weighted by Gasteiger charge is -2.23. The molecule has 8 nitrogen and oxygen atoms in total. The number of benzene rings is 4. The van der Waals surface area contributed by atoms with Gasteiger partial charge in [0.15, 0.2) is 0 Å². The largest absolute Gasteiger partial charge is 0.322 e. The summed E-state index contributed by atoms with van der Waals surface area (Å²) in [5.74, 6) is -0.615. The Labute approximate surface area is 239 Å². The van der Waals surface area contributed by atoms with Crippen molar-refractivity contribution in [3.8, 4) is 0 Å². The topological polar surface area (TPSA) is 104 Å². The number of nitrogens with zero attached hydrogens (tertiary/aromatic N) is 2. The minimum atomic E-state index is -4.06. The van der Waals surface area contributed by atoms with Crippen LogP contribution in [0.4, 0.5) is 17.1 Å². The number of hydrogen-bond acceptors (Lipinski definition) is 5. The van der Waals surface area contributed by atoms with Gasteiger partial charge in [-0.15, -0.1) is 0 Å². The third-order valence-electron chi connectivity index (χ3n) is 6.24. The van der Waals surface area contributed by atoms with Crippen LogP contribution in [0.1, 0.15) is 22.8 Å². The van der Waals surface area contributed by atoms with Gasteiger partial charge in [-0.2, -0.15) is 0 Å². The van der Waals surface area contributed by atoms with E-state index >= 15 is 0 Å². The summed E-state index contributed by atoms with van der Waals surface area (Å²) in [6.07, 6.45) is 0. The summed E-state index contributed by atoms with van der Waals surface area (Å²) in [5.41, 5.74) is 2.21. The Morgan fingerprint density at radius 1 is 0.800 bits per heavy atom. The predicted molar refractivity (Wildman–Crippen MR) is 159 cm³/mol. The average molecular weight is 598 g/mol. The smallest absolute Gasteiger partial charge is 0.265 e. The minimum absolute atomic E-state index is 0.000358. The first-order valence-electron chi connectivity index (χ1n) is 12.3. The summed E-state index contributed by atoms with van der Waals surface area (Å²) in [4.78, 5) is 12.9. The zero-order valence-electron chi connectivity index (χ0n) is 22.1. The molecule has 4 aromatic rings. The van der Waals surface area contributed by atoms with Crippen LogP contribution in [-0.2, 0) is 20.0 Å². The number of rotatable bonds is 9. The lowest BCUT2D eigenvalue weighted by molar-refractivity contribution is 0.102. The van der Waals surface area contributed by atoms with E-state index in [2.05, 4.69) is 5.32 Å². The van der Waals surface area contributed by atoms with Gasteiger partial charge in [0.05, 0.1) is 21.3 Å². The predicted octanol–water partition coefficient (Wildman–Crippen LogP) is 5.94. The second kappa shape index (κ2) is 11.7. The van der Waals surface area contributed by atoms with Crippen molar-refractivity contribution in [1.29, 1.82) is 0 Å². The van der Waals surface area contributed by atoms with E-state index in [0.717, 1.165) is 9.87 Å². The molecule has 0 saturated carbocycles. The van der Waals surface area contributed by atoms with Crippen molar-refractivity contribution < 1.29 is 21.6 Å². The molecule has 0 aromatic heterocycles. The number of halogens is 1. The number of para-hydroxylation sites is 1. The fourth-order valence-corrected chi connectivity index (χ4v) is 7.25. The van der Waals surface area contributed by atoms with E-state index in [-0.39, 0.29) is 32.6 Å². The van der Waals surface area contributed by atoms with Crippen LogP contribution in [0.15, 0.2) is 107 Å². The van der Waals surface area contributed by atoms with Crippen molar-refractivity contribution in [3.63, 3.8) is 0 Å². The molecule has 4 aromatic carbocycles. The van der Waals surface area contributed by atoms with E-state index in [1.54, 1.807) is 49.4 Å². The van der Waals surface area contributed by atoms with Gasteiger partial charge in [-0.25, -0.2) is 16.8 Å². The number of anilines is 3. The highest BCUT2D eigenvalue weighted by molar-refractivity contribution is 7.93. The molecular weight excluding hydrogens is 570 g/mol. The van der Waals surface area contributed by atoms with Gasteiger partial charge in [-0.3, -0.25) is 13.4 Å². The normalized spacial score (nSPS) is 11.6. The van der Waals surface area contributed by atoms with Crippen LogP contribution in [0.25, 0.3) is 0 Å². The lowest BCUT2D eigenvalue weighted by Crippen LogP contribution is -2.31. The summed E-state index contributed by atoms with van der Waals surface area (Å²) in [5, 5.41) is 2.65. The number of aryl methyl sites for hydroxylation is 1. The van der Waals surface area contributed by atoms with Gasteiger partial charge in [0.25, 0.3) is 26.0 Å². The van der Waals surface area contributed by atoms with Gasteiger partial charge in [0.1, 0.15) is 4.90 Å². The van der Waals surface area contributed by atoms with E-state index in [0.29, 0.717) is 11.4 Å². The average Bonchev–Trinajstić information content (AvgIpc) is 2.95. The first-order valence-corrected chi connectivity index (χ1v) is 15.6. The van der Waals surface area contributed by atoms with Gasteiger partial charge in [0, 0.05) is 24.8 Å². The zero-order chi connectivity index (χ0) is 29.1. The van der Waals surface area contributed by atoms with Gasteiger partial charge in [-0.05, 0) is 74.5 Å². The molecule has 0 spiro atoms. The number of carbonyl (C=O) groups is 1. The SMILES string of the molecule is CCN(c1ccccc1)S(=O)(=O)c1cc(NC(=O)c2cccc(S(=O)(=O)N(C)c3ccc(C)cc3)c2)ccc1Cl. The number of amides is 1. The van der Waals surface area contributed by atoms with E-state index in [1.165, 1.54) is 53.8 Å². The highest BCUT2D eigenvalue weighted by Gasteiger charge is 2.27. The van der Waals surface area contributed by atoms with Crippen molar-refractivity contribution in [2.45, 2.75) is 23.6 Å². The molecule has 0 radical (unpaired) electrons. The van der Waals surface area contributed by atoms with E-state index in [4.69, 9.17) is 11.6 Å². The van der Waals surface area contributed by atoms with Crippen LogP contribution in [-0.4, -0.2) is 36.3 Å². The second-order valence-corrected chi connectivity index (χ2v) is 13.1. The van der Waals surface area contributed by atoms with Crippen LogP contribution in [0.2, 0.25) is 5.02 Å². The molecule has 1 amide bonds. The van der Waals surface area contributed by atoms with E-state index in [9.17, 15) is 21.6 Å². The molecular formula is C29H28ClN3O5S2. The molecule has 0 heterocycles. The molecule has 0 aliphatic rings. The molecule has 0 unspecified atom stereocenters. The Morgan fingerprint density at radius 2 is 1.48 bits per heavy atom. The first kappa shape index (κ1) is 29.1. The number of hydrogen-bond donors (Lipinski definition) is 1. The number of carbonyl (C=O) groups excluding carboxylic acids is 1. The molecule has 0 atom stereocenters. The van der Waals surface area contributed by atoms with E-state index < -0.39 is 26.0 Å². The molecule has 0 fully saturated rings. The summed E-state index contributed by atoms with van der Waals surface area (Å²) in [6.45, 7) is 3.78. The van der Waals surface area contributed by atoms with Crippen molar-refractivity contribution in [2.24, 2.45) is 0 Å². The Bertz CT molecular complexity index is 1740. The molecule has 1 N–H and O–H groups in total. The maximum atomic E-state index is 13.5. The Kier molecular flexibility index (Phi) is 8.53. The molecule has 0 saturated heterocycles. The molecule has 40 heavy (non-hydrogen) atoms. The van der Waals surface area contributed by atoms with Crippen LogP contribution in [0.3, 0.4) is 0 Å². The minimum Gasteiger partial charge on any atom is -0.322 e. The van der Waals surface area contributed by atoms with Gasteiger partial charge in [-0.1, -0.05) is 53.6 Å². The Balaban J connectivity index is 1.61. The summed E-state index contributed by atoms with van der Waals surface area (Å²) in [6, 6.07) is 25.4. The molecule has 0 bridgehead atoms. The van der Waals surface area contributed by atoms with E-state index in [1.807, 2.05) is 19.1 Å². The van der Waals surface area contributed by atoms with Gasteiger partial charge >= 0.3 is 0 Å². The second-order valence-electron chi connectivity index (χ2n) is 8.94. The maximum Gasteiger partial charge on any atom is 0.265 e. The molecule has 0 aliphatic heterocycles. The van der Waals surface area contributed by atoms with Gasteiger partial charge in [0.2, 0.25) is 0 Å². The highest BCUT2D eigenvalue weighted by Crippen LogP contribution is 2.31. The van der Waals surface area contributed by atoms with Crippen molar-refractivity contribution in [1.82, 2.24) is 0 Å². The first-order chi connectivity index (χ1) is 18.9. The highest BCUT2D eigenvalue weighted by atomic mass is 35.5. The zero-order valence-corrected chi connectivity index (χ0v) is 24.5. The molecule has 4 rings (SSSR count). The van der Waals surface area contributed by atoms with Crippen molar-refractivity contribution in [2.75, 3.05) is 27.5 Å². The third-order valence-corrected chi connectivity index (χ3v) is 10.4. The van der Waals surface area contributed by atoms with Crippen LogP contribution < -0.4 is 13.9 Å². The summed E-state index contributed by atoms with van der Waals surface area (Å²) >= 11 is 6.29. The lowest BCUT2D eigenvalue weighted by atomic mass is 10.2. The quantitative estimate of drug-likeness (QED) is 0.257. The van der Waals surface area contributed by atoms with Crippen molar-refractivity contribution in [3.05, 3.63) is 113 Å². The van der Waals surface area contributed by atoms with Crippen LogP contribution in [0, 0.1) is 6.92 Å². The fourth-order valence-electron chi connectivity index (χ4n) is 4.04. The third kappa shape index (κ3) is 5.99. The molecule has 11 heteroatoms. The molecule has 0 aliphatic carbocycles. The number of sulfonamides is 2. The summed E-state index contributed by atoms with van der Waals surface area (Å²) in [7, 11) is -6.57. The fraction of sp³-hybridized carbons (Fsp3) is 0.138. The standard InChI is InChI=1S/C29H28ClN3O5S2/c1-4-33(25-10-6-5-7-11-25)40(37,38)28-20-23(15-18-27(28)30)31-29(34)22-9-8-12-26(19-22)39(35,36)32(3)24-16-13-21(2)14-17-24/h5-20H,4H2,1-3H3,(H,31,34). The van der Waals surface area contributed by atoms with Crippen molar-refractivity contribution >= 4 is 54.6 Å². The Hall–Kier alpha value is -3.86. The Morgan fingerprint density at radius 3 is 2.12 bits per heavy atom. The van der Waals surface area contributed by atoms with Crippen LogP contribution >= 0.6 is 11.6 Å².